The highest BCUT2D eigenvalue weighted by Crippen LogP contribution is 2.37. The number of nitrogens with two attached hydrogens (primary N) is 1. The lowest BCUT2D eigenvalue weighted by molar-refractivity contribution is 0.511. The summed E-state index contributed by atoms with van der Waals surface area (Å²) >= 11 is 0. The van der Waals surface area contributed by atoms with Gasteiger partial charge in [-0.2, -0.15) is 0 Å². The van der Waals surface area contributed by atoms with Crippen LogP contribution in [0.2, 0.25) is 0 Å². The molecule has 0 aliphatic heterocycles. The summed E-state index contributed by atoms with van der Waals surface area (Å²) in [6.07, 6.45) is 1.37. The third kappa shape index (κ3) is 3.33. The predicted octanol–water partition coefficient (Wildman–Crippen LogP) is 3.06. The minimum absolute atomic E-state index is 0.305. The molecule has 3 atom stereocenters. The molecule has 0 spiro atoms. The summed E-state index contributed by atoms with van der Waals surface area (Å²) in [7, 11) is 0. The first-order valence-corrected chi connectivity index (χ1v) is 7.15. The molecule has 1 fully saturated rings. The van der Waals surface area contributed by atoms with E-state index in [0.29, 0.717) is 18.5 Å². The highest BCUT2D eigenvalue weighted by atomic mass is 14.9. The van der Waals surface area contributed by atoms with Crippen molar-refractivity contribution in [2.75, 3.05) is 13.1 Å². The van der Waals surface area contributed by atoms with Gasteiger partial charge in [0, 0.05) is 12.6 Å². The van der Waals surface area contributed by atoms with Crippen molar-refractivity contribution in [1.82, 2.24) is 5.32 Å². The maximum absolute atomic E-state index is 5.88. The quantitative estimate of drug-likeness (QED) is 0.809. The zero-order valence-corrected chi connectivity index (χ0v) is 11.8. The molecule has 0 bridgehead atoms. The van der Waals surface area contributed by atoms with E-state index in [4.69, 9.17) is 5.73 Å². The summed E-state index contributed by atoms with van der Waals surface area (Å²) in [5.41, 5.74) is 8.59. The molecule has 3 unspecified atom stereocenters. The van der Waals surface area contributed by atoms with Crippen molar-refractivity contribution in [1.29, 1.82) is 0 Å². The van der Waals surface area contributed by atoms with Crippen molar-refractivity contribution < 1.29 is 0 Å². The Morgan fingerprint density at radius 2 is 1.78 bits per heavy atom. The molecular formula is C16H26N2. The van der Waals surface area contributed by atoms with E-state index >= 15 is 0 Å². The van der Waals surface area contributed by atoms with Gasteiger partial charge in [0.05, 0.1) is 0 Å². The summed E-state index contributed by atoms with van der Waals surface area (Å²) < 4.78 is 0. The smallest absolute Gasteiger partial charge is 0.0444 e. The van der Waals surface area contributed by atoms with E-state index in [1.165, 1.54) is 17.5 Å². The van der Waals surface area contributed by atoms with Gasteiger partial charge in [-0.1, -0.05) is 45.0 Å². The van der Waals surface area contributed by atoms with Crippen LogP contribution in [-0.4, -0.2) is 13.1 Å². The van der Waals surface area contributed by atoms with Gasteiger partial charge in [0.2, 0.25) is 0 Å². The maximum Gasteiger partial charge on any atom is 0.0444 e. The molecule has 2 heteroatoms. The number of hydrogen-bond acceptors (Lipinski definition) is 2. The lowest BCUT2D eigenvalue weighted by Crippen LogP contribution is -2.30. The zero-order chi connectivity index (χ0) is 13.1. The van der Waals surface area contributed by atoms with E-state index in [1.54, 1.807) is 0 Å². The van der Waals surface area contributed by atoms with Gasteiger partial charge in [0.25, 0.3) is 0 Å². The van der Waals surface area contributed by atoms with Gasteiger partial charge in [-0.25, -0.2) is 0 Å². The van der Waals surface area contributed by atoms with Crippen LogP contribution in [0.15, 0.2) is 24.3 Å². The number of rotatable bonds is 6. The van der Waals surface area contributed by atoms with E-state index < -0.39 is 0 Å². The van der Waals surface area contributed by atoms with Crippen LogP contribution in [-0.2, 0) is 0 Å². The third-order valence-corrected chi connectivity index (χ3v) is 4.14. The second-order valence-corrected chi connectivity index (χ2v) is 5.99. The van der Waals surface area contributed by atoms with Gasteiger partial charge in [0.15, 0.2) is 0 Å². The topological polar surface area (TPSA) is 38.0 Å². The second kappa shape index (κ2) is 5.85. The Kier molecular flexibility index (Phi) is 4.41. The zero-order valence-electron chi connectivity index (χ0n) is 11.8. The SMILES string of the molecule is CC(C)c1ccc(C(CN)NCC2CC2C)cc1. The van der Waals surface area contributed by atoms with Crippen LogP contribution in [0.5, 0.6) is 0 Å². The van der Waals surface area contributed by atoms with Crippen LogP contribution in [0.3, 0.4) is 0 Å². The molecule has 1 aliphatic rings. The van der Waals surface area contributed by atoms with E-state index in [-0.39, 0.29) is 0 Å². The fraction of sp³-hybridized carbons (Fsp3) is 0.625. The lowest BCUT2D eigenvalue weighted by atomic mass is 9.99. The Balaban J connectivity index is 1.93. The number of hydrogen-bond donors (Lipinski definition) is 2. The Morgan fingerprint density at radius 1 is 1.22 bits per heavy atom. The average molecular weight is 246 g/mol. The lowest BCUT2D eigenvalue weighted by Gasteiger charge is -2.18. The van der Waals surface area contributed by atoms with Gasteiger partial charge in [-0.3, -0.25) is 0 Å². The first-order valence-electron chi connectivity index (χ1n) is 7.15. The van der Waals surface area contributed by atoms with E-state index in [9.17, 15) is 0 Å². The molecule has 0 saturated heterocycles. The molecular weight excluding hydrogens is 220 g/mol. The molecule has 1 saturated carbocycles. The fourth-order valence-corrected chi connectivity index (χ4v) is 2.43. The molecule has 0 amide bonds. The second-order valence-electron chi connectivity index (χ2n) is 5.99. The number of nitrogens with one attached hydrogen (secondary N) is 1. The Morgan fingerprint density at radius 3 is 2.22 bits per heavy atom. The summed E-state index contributed by atoms with van der Waals surface area (Å²) in [6, 6.07) is 9.19. The maximum atomic E-state index is 5.88. The molecule has 0 radical (unpaired) electrons. The van der Waals surface area contributed by atoms with Crippen molar-refractivity contribution in [2.24, 2.45) is 17.6 Å². The van der Waals surface area contributed by atoms with Gasteiger partial charge >= 0.3 is 0 Å². The van der Waals surface area contributed by atoms with Crippen molar-refractivity contribution in [3.63, 3.8) is 0 Å². The summed E-state index contributed by atoms with van der Waals surface area (Å²) in [6.45, 7) is 8.54. The fourth-order valence-electron chi connectivity index (χ4n) is 2.43. The molecule has 0 aromatic heterocycles. The largest absolute Gasteiger partial charge is 0.329 e. The molecule has 1 aliphatic carbocycles. The molecule has 2 nitrogen and oxygen atoms in total. The summed E-state index contributed by atoms with van der Waals surface area (Å²) in [5, 5.41) is 3.60. The minimum Gasteiger partial charge on any atom is -0.329 e. The average Bonchev–Trinajstić information content (AvgIpc) is 3.07. The van der Waals surface area contributed by atoms with Gasteiger partial charge in [-0.15, -0.1) is 0 Å². The van der Waals surface area contributed by atoms with Crippen molar-refractivity contribution in [3.05, 3.63) is 35.4 Å². The Hall–Kier alpha value is -0.860. The molecule has 1 aromatic carbocycles. The molecule has 0 heterocycles. The highest BCUT2D eigenvalue weighted by molar-refractivity contribution is 5.27. The van der Waals surface area contributed by atoms with Crippen LogP contribution in [0, 0.1) is 11.8 Å². The monoisotopic (exact) mass is 246 g/mol. The minimum atomic E-state index is 0.305. The van der Waals surface area contributed by atoms with Crippen LogP contribution >= 0.6 is 0 Å². The predicted molar refractivity (Wildman–Crippen MR) is 77.6 cm³/mol. The summed E-state index contributed by atoms with van der Waals surface area (Å²) in [4.78, 5) is 0. The van der Waals surface area contributed by atoms with Crippen molar-refractivity contribution >= 4 is 0 Å². The first kappa shape index (κ1) is 13.6. The molecule has 100 valence electrons. The molecule has 3 N–H and O–H groups in total. The normalized spacial score (nSPS) is 24.3. The van der Waals surface area contributed by atoms with Gasteiger partial charge in [-0.05, 0) is 41.8 Å². The molecule has 2 rings (SSSR count). The van der Waals surface area contributed by atoms with E-state index in [2.05, 4.69) is 50.4 Å². The molecule has 1 aromatic rings. The van der Waals surface area contributed by atoms with Gasteiger partial charge in [0.1, 0.15) is 0 Å². The van der Waals surface area contributed by atoms with Gasteiger partial charge < -0.3 is 11.1 Å². The van der Waals surface area contributed by atoms with Crippen molar-refractivity contribution in [3.8, 4) is 0 Å². The van der Waals surface area contributed by atoms with E-state index in [1.807, 2.05) is 0 Å². The molecule has 18 heavy (non-hydrogen) atoms. The highest BCUT2D eigenvalue weighted by Gasteiger charge is 2.32. The Bertz CT molecular complexity index is 369. The first-order chi connectivity index (χ1) is 8.61. The number of benzene rings is 1. The van der Waals surface area contributed by atoms with E-state index in [0.717, 1.165) is 18.4 Å². The van der Waals surface area contributed by atoms with Crippen molar-refractivity contribution in [2.45, 2.75) is 39.2 Å². The van der Waals surface area contributed by atoms with Crippen LogP contribution in [0.25, 0.3) is 0 Å². The van der Waals surface area contributed by atoms with Crippen LogP contribution in [0.1, 0.15) is 50.3 Å². The van der Waals surface area contributed by atoms with Crippen LogP contribution in [0.4, 0.5) is 0 Å². The Labute approximate surface area is 111 Å². The summed E-state index contributed by atoms with van der Waals surface area (Å²) in [5.74, 6) is 2.36. The third-order valence-electron chi connectivity index (χ3n) is 4.14. The standard InChI is InChI=1S/C16H26N2/c1-11(2)13-4-6-14(7-5-13)16(9-17)18-10-15-8-12(15)3/h4-7,11-12,15-16,18H,8-10,17H2,1-3H3. The van der Waals surface area contributed by atoms with Crippen LogP contribution < -0.4 is 11.1 Å².